The van der Waals surface area contributed by atoms with Gasteiger partial charge in [0.05, 0.1) is 4.92 Å². The first-order valence-electron chi connectivity index (χ1n) is 7.91. The Balaban J connectivity index is 2.16. The monoisotopic (exact) mass is 343 g/mol. The molecule has 2 aromatic carbocycles. The minimum atomic E-state index is -0.497. The lowest BCUT2D eigenvalue weighted by Crippen LogP contribution is -2.14. The summed E-state index contributed by atoms with van der Waals surface area (Å²) >= 11 is 0. The first-order chi connectivity index (χ1) is 12.0. The van der Waals surface area contributed by atoms with E-state index in [1.807, 2.05) is 25.1 Å². The van der Waals surface area contributed by atoms with Crippen LogP contribution in [0.1, 0.15) is 22.3 Å². The predicted molar refractivity (Wildman–Crippen MR) is 97.2 cm³/mol. The second kappa shape index (κ2) is 8.79. The Morgan fingerprint density at radius 2 is 1.96 bits per heavy atom. The van der Waals surface area contributed by atoms with Crippen LogP contribution in [-0.2, 0) is 4.74 Å². The van der Waals surface area contributed by atoms with Crippen molar-refractivity contribution in [2.75, 3.05) is 30.9 Å². The lowest BCUT2D eigenvalue weighted by Gasteiger charge is -2.10. The van der Waals surface area contributed by atoms with Gasteiger partial charge in [-0.1, -0.05) is 18.2 Å². The second-order valence-electron chi connectivity index (χ2n) is 5.53. The van der Waals surface area contributed by atoms with E-state index in [9.17, 15) is 14.9 Å². The molecule has 2 rings (SSSR count). The van der Waals surface area contributed by atoms with Crippen LogP contribution in [-0.4, -0.2) is 31.1 Å². The number of nitrogens with zero attached hydrogens (tertiary/aromatic N) is 1. The smallest absolute Gasteiger partial charge is 0.293 e. The van der Waals surface area contributed by atoms with Crippen LogP contribution in [0.15, 0.2) is 42.5 Å². The van der Waals surface area contributed by atoms with Gasteiger partial charge in [-0.2, -0.15) is 0 Å². The van der Waals surface area contributed by atoms with Gasteiger partial charge >= 0.3 is 0 Å². The maximum Gasteiger partial charge on any atom is 0.293 e. The maximum atomic E-state index is 12.4. The third kappa shape index (κ3) is 5.02. The van der Waals surface area contributed by atoms with Gasteiger partial charge < -0.3 is 15.4 Å². The Morgan fingerprint density at radius 1 is 1.20 bits per heavy atom. The average Bonchev–Trinajstić information content (AvgIpc) is 2.60. The lowest BCUT2D eigenvalue weighted by atomic mass is 10.1. The highest BCUT2D eigenvalue weighted by Crippen LogP contribution is 2.26. The molecule has 2 N–H and O–H groups in total. The van der Waals surface area contributed by atoms with Gasteiger partial charge in [0.25, 0.3) is 11.6 Å². The van der Waals surface area contributed by atoms with Crippen LogP contribution in [0.4, 0.5) is 17.1 Å². The first kappa shape index (κ1) is 18.4. The molecule has 0 bridgehead atoms. The van der Waals surface area contributed by atoms with E-state index in [1.54, 1.807) is 25.3 Å². The molecule has 0 fully saturated rings. The first-order valence-corrected chi connectivity index (χ1v) is 7.91. The van der Waals surface area contributed by atoms with Crippen molar-refractivity contribution in [3.05, 3.63) is 63.7 Å². The van der Waals surface area contributed by atoms with Gasteiger partial charge in [0, 0.05) is 37.6 Å². The summed E-state index contributed by atoms with van der Waals surface area (Å²) in [6, 6.07) is 11.8. The van der Waals surface area contributed by atoms with Crippen LogP contribution in [0.3, 0.4) is 0 Å². The fourth-order valence-corrected chi connectivity index (χ4v) is 2.32. The molecule has 0 heterocycles. The number of rotatable bonds is 8. The van der Waals surface area contributed by atoms with Gasteiger partial charge in [0.1, 0.15) is 5.69 Å². The number of amides is 1. The van der Waals surface area contributed by atoms with Crippen LogP contribution < -0.4 is 10.6 Å². The molecular weight excluding hydrogens is 322 g/mol. The van der Waals surface area contributed by atoms with Crippen molar-refractivity contribution in [1.29, 1.82) is 0 Å². The highest BCUT2D eigenvalue weighted by Gasteiger charge is 2.17. The third-order valence-corrected chi connectivity index (χ3v) is 3.69. The molecule has 0 radical (unpaired) electrons. The fraction of sp³-hybridized carbons (Fsp3) is 0.278. The summed E-state index contributed by atoms with van der Waals surface area (Å²) in [6.45, 7) is 2.99. The molecule has 0 aliphatic carbocycles. The number of carbonyl (C=O) groups is 1. The number of hydrogen-bond acceptors (Lipinski definition) is 5. The van der Waals surface area contributed by atoms with Crippen molar-refractivity contribution in [2.45, 2.75) is 13.3 Å². The molecule has 1 amide bonds. The van der Waals surface area contributed by atoms with Crippen LogP contribution in [0, 0.1) is 17.0 Å². The van der Waals surface area contributed by atoms with Gasteiger partial charge in [-0.3, -0.25) is 14.9 Å². The minimum Gasteiger partial charge on any atom is -0.385 e. The molecule has 0 spiro atoms. The number of hydrogen-bond donors (Lipinski definition) is 2. The van der Waals surface area contributed by atoms with Crippen molar-refractivity contribution >= 4 is 23.0 Å². The molecule has 0 aromatic heterocycles. The molecule has 132 valence electrons. The molecule has 25 heavy (non-hydrogen) atoms. The van der Waals surface area contributed by atoms with Crippen molar-refractivity contribution in [2.24, 2.45) is 0 Å². The Kier molecular flexibility index (Phi) is 6.47. The zero-order valence-electron chi connectivity index (χ0n) is 14.2. The average molecular weight is 343 g/mol. The van der Waals surface area contributed by atoms with Gasteiger partial charge in [-0.15, -0.1) is 0 Å². The molecule has 7 heteroatoms. The summed E-state index contributed by atoms with van der Waals surface area (Å²) in [5.74, 6) is -0.386. The van der Waals surface area contributed by atoms with Gasteiger partial charge in [0.2, 0.25) is 0 Å². The van der Waals surface area contributed by atoms with E-state index in [1.165, 1.54) is 6.07 Å². The molecule has 0 saturated heterocycles. The predicted octanol–water partition coefficient (Wildman–Crippen LogP) is 3.60. The maximum absolute atomic E-state index is 12.4. The molecule has 0 unspecified atom stereocenters. The molecule has 0 aliphatic rings. The quantitative estimate of drug-likeness (QED) is 0.434. The van der Waals surface area contributed by atoms with Crippen LogP contribution in [0.2, 0.25) is 0 Å². The topological polar surface area (TPSA) is 93.5 Å². The summed E-state index contributed by atoms with van der Waals surface area (Å²) in [7, 11) is 1.60. The number of aryl methyl sites for hydroxylation is 1. The molecule has 0 saturated carbocycles. The number of ether oxygens (including phenoxy) is 1. The molecule has 2 aromatic rings. The van der Waals surface area contributed by atoms with Crippen LogP contribution in [0.5, 0.6) is 0 Å². The number of anilines is 2. The highest BCUT2D eigenvalue weighted by molar-refractivity contribution is 6.05. The number of para-hydroxylation sites is 1. The minimum absolute atomic E-state index is 0.130. The van der Waals surface area contributed by atoms with Crippen LogP contribution in [0.25, 0.3) is 0 Å². The SMILES string of the molecule is COCCCNc1ccc(C(=O)Nc2ccccc2C)cc1[N+](=O)[O-]. The van der Waals surface area contributed by atoms with E-state index in [4.69, 9.17) is 4.74 Å². The largest absolute Gasteiger partial charge is 0.385 e. The molecule has 0 aliphatic heterocycles. The van der Waals surface area contributed by atoms with Crippen molar-refractivity contribution in [1.82, 2.24) is 0 Å². The summed E-state index contributed by atoms with van der Waals surface area (Å²) in [5, 5.41) is 17.1. The van der Waals surface area contributed by atoms with E-state index in [0.717, 1.165) is 12.0 Å². The number of carbonyl (C=O) groups excluding carboxylic acids is 1. The van der Waals surface area contributed by atoms with Gasteiger partial charge in [-0.25, -0.2) is 0 Å². The second-order valence-corrected chi connectivity index (χ2v) is 5.53. The number of methoxy groups -OCH3 is 1. The fourth-order valence-electron chi connectivity index (χ4n) is 2.32. The normalized spacial score (nSPS) is 10.3. The highest BCUT2D eigenvalue weighted by atomic mass is 16.6. The van der Waals surface area contributed by atoms with Crippen molar-refractivity contribution in [3.63, 3.8) is 0 Å². The third-order valence-electron chi connectivity index (χ3n) is 3.69. The zero-order valence-corrected chi connectivity index (χ0v) is 14.2. The number of nitro groups is 1. The number of nitro benzene ring substituents is 1. The summed E-state index contributed by atoms with van der Waals surface area (Å²) < 4.78 is 4.95. The summed E-state index contributed by atoms with van der Waals surface area (Å²) in [4.78, 5) is 23.2. The van der Waals surface area contributed by atoms with Crippen molar-refractivity contribution < 1.29 is 14.5 Å². The van der Waals surface area contributed by atoms with E-state index in [2.05, 4.69) is 10.6 Å². The Labute approximate surface area is 146 Å². The number of benzene rings is 2. The summed E-state index contributed by atoms with van der Waals surface area (Å²) in [6.07, 6.45) is 0.725. The van der Waals surface area contributed by atoms with Gasteiger partial charge in [-0.05, 0) is 37.1 Å². The van der Waals surface area contributed by atoms with E-state index < -0.39 is 4.92 Å². The van der Waals surface area contributed by atoms with E-state index >= 15 is 0 Å². The standard InChI is InChI=1S/C18H21N3O4/c1-13-6-3-4-7-15(13)20-18(22)14-8-9-16(17(12-14)21(23)24)19-10-5-11-25-2/h3-4,6-9,12,19H,5,10-11H2,1-2H3,(H,20,22). The summed E-state index contributed by atoms with van der Waals surface area (Å²) in [5.41, 5.74) is 2.08. The Bertz CT molecular complexity index is 762. The van der Waals surface area contributed by atoms with Gasteiger partial charge in [0.15, 0.2) is 0 Å². The van der Waals surface area contributed by atoms with E-state index in [-0.39, 0.29) is 17.2 Å². The zero-order chi connectivity index (χ0) is 18.2. The molecular formula is C18H21N3O4. The Hall–Kier alpha value is -2.93. The van der Waals surface area contributed by atoms with E-state index in [0.29, 0.717) is 24.5 Å². The molecule has 7 nitrogen and oxygen atoms in total. The Morgan fingerprint density at radius 3 is 2.64 bits per heavy atom. The molecule has 0 atom stereocenters. The van der Waals surface area contributed by atoms with Crippen LogP contribution >= 0.6 is 0 Å². The van der Waals surface area contributed by atoms with Crippen molar-refractivity contribution in [3.8, 4) is 0 Å². The number of nitrogens with one attached hydrogen (secondary N) is 2. The lowest BCUT2D eigenvalue weighted by molar-refractivity contribution is -0.384.